The second-order valence-corrected chi connectivity index (χ2v) is 7.05. The van der Waals surface area contributed by atoms with Gasteiger partial charge in [0.05, 0.1) is 0 Å². The molecule has 0 aromatic rings. The molecular weight excluding hydrogens is 352 g/mol. The fourth-order valence-corrected chi connectivity index (χ4v) is 2.93. The maximum atomic E-state index is 12.3. The molecule has 0 rings (SSSR count). The summed E-state index contributed by atoms with van der Waals surface area (Å²) in [4.78, 5) is 39.0. The molecular formula is C18H32N4O3S. The highest BCUT2D eigenvalue weighted by molar-refractivity contribution is 8.13. The number of unbranched alkanes of at least 4 members (excludes halogenated alkanes) is 5. The summed E-state index contributed by atoms with van der Waals surface area (Å²) in [6.07, 6.45) is 6.74. The van der Waals surface area contributed by atoms with Crippen LogP contribution in [-0.2, 0) is 9.59 Å². The topological polar surface area (TPSA) is 91.7 Å². The Bertz CT molecular complexity index is 480. The number of amides is 3. The quantitative estimate of drug-likeness (QED) is 0.336. The smallest absolute Gasteiger partial charge is 0.303 e. The first-order valence-corrected chi connectivity index (χ1v) is 10.3. The summed E-state index contributed by atoms with van der Waals surface area (Å²) in [6, 6.07) is -1.70. The maximum Gasteiger partial charge on any atom is 0.303 e. The SMILES string of the molecule is [C-]#[N+][C@H](C)C(=O)N[C@@H](CSC(=O)NCC)C(=O)NCCCCCCCC. The first kappa shape index (κ1) is 24.2. The van der Waals surface area contributed by atoms with Crippen molar-refractivity contribution in [3.05, 3.63) is 11.4 Å². The van der Waals surface area contributed by atoms with E-state index in [1.54, 1.807) is 0 Å². The maximum absolute atomic E-state index is 12.3. The predicted molar refractivity (Wildman–Crippen MR) is 106 cm³/mol. The first-order chi connectivity index (χ1) is 12.5. The third-order valence-corrected chi connectivity index (χ3v) is 4.64. The minimum Gasteiger partial charge on any atom is -0.354 e. The van der Waals surface area contributed by atoms with Gasteiger partial charge in [-0.05, 0) is 13.3 Å². The minimum absolute atomic E-state index is 0.130. The first-order valence-electron chi connectivity index (χ1n) is 9.31. The Balaban J connectivity index is 4.42. The predicted octanol–water partition coefficient (Wildman–Crippen LogP) is 2.72. The number of rotatable bonds is 13. The Morgan fingerprint density at radius 3 is 2.27 bits per heavy atom. The molecule has 3 N–H and O–H groups in total. The normalized spacial score (nSPS) is 12.5. The van der Waals surface area contributed by atoms with Crippen LogP contribution in [0.25, 0.3) is 4.85 Å². The van der Waals surface area contributed by atoms with Crippen LogP contribution in [0.4, 0.5) is 4.79 Å². The molecule has 0 saturated carbocycles. The van der Waals surface area contributed by atoms with Crippen molar-refractivity contribution in [1.29, 1.82) is 0 Å². The van der Waals surface area contributed by atoms with E-state index in [2.05, 4.69) is 27.7 Å². The summed E-state index contributed by atoms with van der Waals surface area (Å²) in [5.74, 6) is -0.693. The van der Waals surface area contributed by atoms with E-state index in [-0.39, 0.29) is 16.9 Å². The van der Waals surface area contributed by atoms with Gasteiger partial charge >= 0.3 is 5.91 Å². The van der Waals surface area contributed by atoms with Gasteiger partial charge < -0.3 is 20.8 Å². The Morgan fingerprint density at radius 2 is 1.65 bits per heavy atom. The fourth-order valence-electron chi connectivity index (χ4n) is 2.13. The molecule has 3 amide bonds. The number of hydrogen-bond acceptors (Lipinski definition) is 4. The lowest BCUT2D eigenvalue weighted by Crippen LogP contribution is -2.50. The van der Waals surface area contributed by atoms with Gasteiger partial charge in [-0.15, -0.1) is 0 Å². The van der Waals surface area contributed by atoms with Gasteiger partial charge in [-0.3, -0.25) is 14.4 Å². The Hall–Kier alpha value is -1.75. The van der Waals surface area contributed by atoms with Crippen LogP contribution in [0, 0.1) is 6.57 Å². The number of nitrogens with zero attached hydrogens (tertiary/aromatic N) is 1. The molecule has 0 fully saturated rings. The van der Waals surface area contributed by atoms with Crippen molar-refractivity contribution >= 4 is 28.8 Å². The molecule has 148 valence electrons. The van der Waals surface area contributed by atoms with E-state index in [9.17, 15) is 14.4 Å². The fraction of sp³-hybridized carbons (Fsp3) is 0.778. The van der Waals surface area contributed by atoms with Gasteiger partial charge in [-0.1, -0.05) is 50.8 Å². The molecule has 0 aliphatic carbocycles. The minimum atomic E-state index is -0.863. The van der Waals surface area contributed by atoms with Gasteiger partial charge in [0, 0.05) is 25.8 Å². The summed E-state index contributed by atoms with van der Waals surface area (Å²) in [6.45, 7) is 13.4. The van der Waals surface area contributed by atoms with Gasteiger partial charge in [0.25, 0.3) is 11.3 Å². The zero-order valence-corrected chi connectivity index (χ0v) is 16.9. The molecule has 0 aliphatic rings. The average molecular weight is 385 g/mol. The highest BCUT2D eigenvalue weighted by Crippen LogP contribution is 2.07. The van der Waals surface area contributed by atoms with Crippen LogP contribution in [0.3, 0.4) is 0 Å². The average Bonchev–Trinajstić information content (AvgIpc) is 2.63. The monoisotopic (exact) mass is 384 g/mol. The molecule has 0 spiro atoms. The lowest BCUT2D eigenvalue weighted by atomic mass is 10.1. The van der Waals surface area contributed by atoms with Crippen molar-refractivity contribution in [3.63, 3.8) is 0 Å². The van der Waals surface area contributed by atoms with E-state index < -0.39 is 18.0 Å². The molecule has 0 bridgehead atoms. The highest BCUT2D eigenvalue weighted by atomic mass is 32.2. The van der Waals surface area contributed by atoms with Crippen molar-refractivity contribution in [2.75, 3.05) is 18.8 Å². The molecule has 0 aromatic carbocycles. The van der Waals surface area contributed by atoms with E-state index in [0.29, 0.717) is 13.1 Å². The number of thioether (sulfide) groups is 1. The van der Waals surface area contributed by atoms with Crippen LogP contribution in [-0.4, -0.2) is 48.0 Å². The van der Waals surface area contributed by atoms with Crippen molar-refractivity contribution < 1.29 is 14.4 Å². The van der Waals surface area contributed by atoms with Crippen LogP contribution in [0.15, 0.2) is 0 Å². The zero-order valence-electron chi connectivity index (χ0n) is 16.1. The lowest BCUT2D eigenvalue weighted by molar-refractivity contribution is -0.128. The molecule has 0 unspecified atom stereocenters. The van der Waals surface area contributed by atoms with Crippen molar-refractivity contribution in [2.45, 2.75) is 71.4 Å². The summed E-state index contributed by atoms with van der Waals surface area (Å²) < 4.78 is 0. The molecule has 0 saturated heterocycles. The van der Waals surface area contributed by atoms with Gasteiger partial charge in [0.2, 0.25) is 5.91 Å². The van der Waals surface area contributed by atoms with Gasteiger partial charge in [-0.2, -0.15) is 0 Å². The highest BCUT2D eigenvalue weighted by Gasteiger charge is 2.26. The van der Waals surface area contributed by atoms with E-state index in [4.69, 9.17) is 6.57 Å². The van der Waals surface area contributed by atoms with E-state index in [1.165, 1.54) is 26.2 Å². The number of carbonyl (C=O) groups excluding carboxylic acids is 3. The molecule has 0 aromatic heterocycles. The molecule has 7 nitrogen and oxygen atoms in total. The summed E-state index contributed by atoms with van der Waals surface area (Å²) in [5, 5.41) is 7.78. The van der Waals surface area contributed by atoms with Crippen molar-refractivity contribution in [2.24, 2.45) is 0 Å². The van der Waals surface area contributed by atoms with E-state index in [1.807, 2.05) is 6.92 Å². The van der Waals surface area contributed by atoms with E-state index >= 15 is 0 Å². The molecule has 2 atom stereocenters. The van der Waals surface area contributed by atoms with Crippen LogP contribution in [0.2, 0.25) is 0 Å². The molecule has 0 radical (unpaired) electrons. The lowest BCUT2D eigenvalue weighted by Gasteiger charge is -2.17. The van der Waals surface area contributed by atoms with Crippen molar-refractivity contribution in [3.8, 4) is 0 Å². The van der Waals surface area contributed by atoms with Gasteiger partial charge in [-0.25, -0.2) is 6.57 Å². The second-order valence-electron chi connectivity index (χ2n) is 6.05. The number of nitrogens with one attached hydrogen (secondary N) is 3. The van der Waals surface area contributed by atoms with Crippen molar-refractivity contribution in [1.82, 2.24) is 16.0 Å². The third kappa shape index (κ3) is 11.7. The van der Waals surface area contributed by atoms with Gasteiger partial charge in [0.15, 0.2) is 0 Å². The Morgan fingerprint density at radius 1 is 1.00 bits per heavy atom. The summed E-state index contributed by atoms with van der Waals surface area (Å²) in [7, 11) is 0. The van der Waals surface area contributed by atoms with Crippen LogP contribution in [0.5, 0.6) is 0 Å². The van der Waals surface area contributed by atoms with Crippen LogP contribution in [0.1, 0.15) is 59.3 Å². The standard InChI is InChI=1S/C18H32N4O3S/c1-5-7-8-9-10-11-12-21-17(24)15(13-26-18(25)20-6-2)22-16(23)14(3)19-4/h14-15H,5-13H2,1-3H3,(H,20,25)(H,21,24)(H,22,23)/t14-,15+/m1/s1. The molecule has 0 aliphatic heterocycles. The summed E-state index contributed by atoms with van der Waals surface area (Å²) in [5.41, 5.74) is 0. The number of hydrogen-bond donors (Lipinski definition) is 3. The van der Waals surface area contributed by atoms with Gasteiger partial charge in [0.1, 0.15) is 6.04 Å². The third-order valence-electron chi connectivity index (χ3n) is 3.74. The zero-order chi connectivity index (χ0) is 19.8. The number of carbonyl (C=O) groups is 3. The van der Waals surface area contributed by atoms with E-state index in [0.717, 1.165) is 31.0 Å². The Kier molecular flexibility index (Phi) is 14.5. The molecule has 26 heavy (non-hydrogen) atoms. The Labute approximate surface area is 161 Å². The molecule has 0 heterocycles. The van der Waals surface area contributed by atoms with Crippen LogP contribution < -0.4 is 16.0 Å². The molecule has 8 heteroatoms. The largest absolute Gasteiger partial charge is 0.354 e. The second kappa shape index (κ2) is 15.5. The van der Waals surface area contributed by atoms with Crippen LogP contribution >= 0.6 is 11.8 Å². The summed E-state index contributed by atoms with van der Waals surface area (Å²) >= 11 is 0.948.